The van der Waals surface area contributed by atoms with Crippen LogP contribution in [0.25, 0.3) is 10.9 Å². The van der Waals surface area contributed by atoms with Gasteiger partial charge in [0.05, 0.1) is 11.7 Å². The average Bonchev–Trinajstić information content (AvgIpc) is 2.33. The molecule has 0 spiro atoms. The molecular weight excluding hydrogens is 139 g/mol. The Morgan fingerprint density at radius 3 is 2.80 bits per heavy atom. The van der Waals surface area contributed by atoms with Crippen LogP contribution in [-0.4, -0.2) is 27.6 Å². The minimum absolute atomic E-state index is 0. The molecule has 1 heterocycles. The number of rotatable bonds is 0. The van der Waals surface area contributed by atoms with Crippen LogP contribution >= 0.6 is 0 Å². The van der Waals surface area contributed by atoms with Crippen molar-refractivity contribution in [2.75, 3.05) is 0 Å². The van der Waals surface area contributed by atoms with Crippen molar-refractivity contribution in [3.05, 3.63) is 30.5 Å². The summed E-state index contributed by atoms with van der Waals surface area (Å²) in [6.45, 7) is 0. The van der Waals surface area contributed by atoms with Gasteiger partial charge in [-0.3, -0.25) is 5.10 Å². The second-order valence-electron chi connectivity index (χ2n) is 1.96. The van der Waals surface area contributed by atoms with E-state index in [-0.39, 0.29) is 17.4 Å². The number of para-hydroxylation sites is 1. The Morgan fingerprint density at radius 1 is 1.20 bits per heavy atom. The highest BCUT2D eigenvalue weighted by Crippen LogP contribution is 2.06. The van der Waals surface area contributed by atoms with Gasteiger partial charge < -0.3 is 0 Å². The number of nitrogens with one attached hydrogen (secondary N) is 1. The Morgan fingerprint density at radius 2 is 2.00 bits per heavy atom. The maximum Gasteiger partial charge on any atom is 0.0650 e. The molecule has 0 saturated heterocycles. The van der Waals surface area contributed by atoms with Crippen LogP contribution in [0.2, 0.25) is 0 Å². The van der Waals surface area contributed by atoms with E-state index < -0.39 is 0 Å². The van der Waals surface area contributed by atoms with Crippen LogP contribution in [-0.2, 0) is 0 Å². The number of fused-ring (bicyclic) bond motifs is 1. The predicted molar refractivity (Wildman–Crippen MR) is 41.8 cm³/mol. The second-order valence-corrected chi connectivity index (χ2v) is 1.96. The zero-order valence-corrected chi connectivity index (χ0v) is 6.57. The molecule has 0 fully saturated rings. The molecule has 1 aromatic heterocycles. The van der Waals surface area contributed by atoms with Gasteiger partial charge in [-0.05, 0) is 6.07 Å². The molecule has 2 nitrogen and oxygen atoms in total. The average molecular weight is 145 g/mol. The second kappa shape index (κ2) is 2.87. The van der Waals surface area contributed by atoms with Crippen molar-refractivity contribution >= 4 is 28.3 Å². The highest BCUT2D eigenvalue weighted by Gasteiger charge is 1.88. The molecule has 0 aliphatic carbocycles. The molecule has 2 aromatic rings. The highest BCUT2D eigenvalue weighted by atomic mass is 27.0. The quantitative estimate of drug-likeness (QED) is 0.554. The standard InChI is InChI=1S/C7H6N2.Al/c1-2-4-7-6(3-1)5-8-9-7;/h1-5H,(H,8,9);. The molecule has 10 heavy (non-hydrogen) atoms. The molecule has 3 heteroatoms. The molecule has 0 unspecified atom stereocenters. The van der Waals surface area contributed by atoms with Crippen molar-refractivity contribution in [3.8, 4) is 0 Å². The van der Waals surface area contributed by atoms with Gasteiger partial charge >= 0.3 is 0 Å². The van der Waals surface area contributed by atoms with Gasteiger partial charge in [-0.25, -0.2) is 0 Å². The third kappa shape index (κ3) is 1.06. The molecule has 3 radical (unpaired) electrons. The van der Waals surface area contributed by atoms with Crippen molar-refractivity contribution < 1.29 is 0 Å². The van der Waals surface area contributed by atoms with Gasteiger partial charge in [-0.15, -0.1) is 0 Å². The van der Waals surface area contributed by atoms with Crippen molar-refractivity contribution in [2.45, 2.75) is 0 Å². The van der Waals surface area contributed by atoms with E-state index in [0.717, 1.165) is 10.9 Å². The van der Waals surface area contributed by atoms with Crippen LogP contribution in [0.4, 0.5) is 0 Å². The molecule has 1 aromatic carbocycles. The largest absolute Gasteiger partial charge is 0.278 e. The molecule has 2 rings (SSSR count). The molecule has 47 valence electrons. The summed E-state index contributed by atoms with van der Waals surface area (Å²) < 4.78 is 0. The minimum atomic E-state index is 0. The fraction of sp³-hybridized carbons (Fsp3) is 0. The van der Waals surface area contributed by atoms with E-state index >= 15 is 0 Å². The Kier molecular flexibility index (Phi) is 2.10. The van der Waals surface area contributed by atoms with Crippen molar-refractivity contribution in [1.82, 2.24) is 10.2 Å². The van der Waals surface area contributed by atoms with E-state index in [1.807, 2.05) is 30.5 Å². The molecule has 0 saturated carbocycles. The van der Waals surface area contributed by atoms with E-state index in [1.165, 1.54) is 0 Å². The molecule has 0 atom stereocenters. The summed E-state index contributed by atoms with van der Waals surface area (Å²) in [5.74, 6) is 0. The van der Waals surface area contributed by atoms with Gasteiger partial charge in [0.1, 0.15) is 0 Å². The topological polar surface area (TPSA) is 28.7 Å². The summed E-state index contributed by atoms with van der Waals surface area (Å²) in [4.78, 5) is 0. The first kappa shape index (κ1) is 7.33. The van der Waals surface area contributed by atoms with Crippen LogP contribution in [0.5, 0.6) is 0 Å². The Hall–Kier alpha value is -0.778. The normalized spacial score (nSPS) is 9.20. The van der Waals surface area contributed by atoms with Crippen molar-refractivity contribution in [3.63, 3.8) is 0 Å². The van der Waals surface area contributed by atoms with Crippen LogP contribution in [0.3, 0.4) is 0 Å². The van der Waals surface area contributed by atoms with Gasteiger partial charge in [0.2, 0.25) is 0 Å². The number of aromatic amines is 1. The Labute approximate surface area is 69.4 Å². The van der Waals surface area contributed by atoms with Gasteiger partial charge in [0.15, 0.2) is 0 Å². The lowest BCUT2D eigenvalue weighted by atomic mass is 10.3. The monoisotopic (exact) mass is 145 g/mol. The Balaban J connectivity index is 0.000000500. The first-order chi connectivity index (χ1) is 4.47. The number of aromatic nitrogens is 2. The summed E-state index contributed by atoms with van der Waals surface area (Å²) in [5, 5.41) is 7.91. The van der Waals surface area contributed by atoms with E-state index in [4.69, 9.17) is 0 Å². The number of hydrogen-bond acceptors (Lipinski definition) is 1. The lowest BCUT2D eigenvalue weighted by Gasteiger charge is -1.81. The van der Waals surface area contributed by atoms with Crippen molar-refractivity contribution in [1.29, 1.82) is 0 Å². The summed E-state index contributed by atoms with van der Waals surface area (Å²) in [6, 6.07) is 8.01. The lowest BCUT2D eigenvalue weighted by Crippen LogP contribution is -1.63. The van der Waals surface area contributed by atoms with Crippen molar-refractivity contribution in [2.24, 2.45) is 0 Å². The molecule has 0 bridgehead atoms. The smallest absolute Gasteiger partial charge is 0.0650 e. The summed E-state index contributed by atoms with van der Waals surface area (Å²) in [6.07, 6.45) is 1.81. The van der Waals surface area contributed by atoms with E-state index in [2.05, 4.69) is 10.2 Å². The first-order valence-electron chi connectivity index (χ1n) is 2.85. The first-order valence-corrected chi connectivity index (χ1v) is 2.85. The number of H-pyrrole nitrogens is 1. The fourth-order valence-corrected chi connectivity index (χ4v) is 0.883. The van der Waals surface area contributed by atoms with E-state index in [1.54, 1.807) is 0 Å². The van der Waals surface area contributed by atoms with Gasteiger partial charge in [0, 0.05) is 22.7 Å². The van der Waals surface area contributed by atoms with E-state index in [9.17, 15) is 0 Å². The maximum atomic E-state index is 3.88. The predicted octanol–water partition coefficient (Wildman–Crippen LogP) is 1.18. The number of nitrogens with zero attached hydrogens (tertiary/aromatic N) is 1. The third-order valence-corrected chi connectivity index (χ3v) is 1.35. The van der Waals surface area contributed by atoms with Crippen LogP contribution in [0.15, 0.2) is 30.5 Å². The Bertz CT molecular complexity index is 286. The zero-order valence-electron chi connectivity index (χ0n) is 5.41. The molecular formula is C7H6AlN2. The highest BCUT2D eigenvalue weighted by molar-refractivity contribution is 5.77. The summed E-state index contributed by atoms with van der Waals surface area (Å²) >= 11 is 0. The van der Waals surface area contributed by atoms with Gasteiger partial charge in [-0.2, -0.15) is 5.10 Å². The molecule has 0 amide bonds. The molecule has 1 N–H and O–H groups in total. The van der Waals surface area contributed by atoms with Gasteiger partial charge in [0.25, 0.3) is 0 Å². The minimum Gasteiger partial charge on any atom is -0.278 e. The zero-order chi connectivity index (χ0) is 6.10. The van der Waals surface area contributed by atoms with Crippen LogP contribution < -0.4 is 0 Å². The summed E-state index contributed by atoms with van der Waals surface area (Å²) in [7, 11) is 0. The van der Waals surface area contributed by atoms with Crippen LogP contribution in [0, 0.1) is 0 Å². The maximum absolute atomic E-state index is 3.88. The third-order valence-electron chi connectivity index (χ3n) is 1.35. The summed E-state index contributed by atoms with van der Waals surface area (Å²) in [5.41, 5.74) is 1.09. The van der Waals surface area contributed by atoms with E-state index in [0.29, 0.717) is 0 Å². The molecule has 0 aliphatic heterocycles. The fourth-order valence-electron chi connectivity index (χ4n) is 0.883. The lowest BCUT2D eigenvalue weighted by molar-refractivity contribution is 1.12. The molecule has 0 aliphatic rings. The van der Waals surface area contributed by atoms with Gasteiger partial charge in [-0.1, -0.05) is 18.2 Å². The number of benzene rings is 1. The SMILES string of the molecule is [Al].c1ccc2[nH]ncc2c1. The van der Waals surface area contributed by atoms with Crippen LogP contribution in [0.1, 0.15) is 0 Å². The number of hydrogen-bond donors (Lipinski definition) is 1.